The number of hydrogen-bond donors (Lipinski definition) is 2. The number of nitrogens with zero attached hydrogens (tertiary/aromatic N) is 2. The summed E-state index contributed by atoms with van der Waals surface area (Å²) in [6.07, 6.45) is 1.03. The van der Waals surface area contributed by atoms with Crippen LogP contribution in [0.2, 0.25) is 0 Å². The molecule has 0 radical (unpaired) electrons. The zero-order valence-electron chi connectivity index (χ0n) is 15.5. The van der Waals surface area contributed by atoms with Gasteiger partial charge in [0.2, 0.25) is 0 Å². The van der Waals surface area contributed by atoms with Gasteiger partial charge in [-0.25, -0.2) is 4.99 Å². The predicted molar refractivity (Wildman–Crippen MR) is 105 cm³/mol. The summed E-state index contributed by atoms with van der Waals surface area (Å²) < 4.78 is 0. The molecule has 136 valence electrons. The lowest BCUT2D eigenvalue weighted by Gasteiger charge is -2.31. The highest BCUT2D eigenvalue weighted by Gasteiger charge is 2.18. The van der Waals surface area contributed by atoms with E-state index in [1.54, 1.807) is 7.05 Å². The Morgan fingerprint density at radius 3 is 2.73 bits per heavy atom. The standard InChI is InChI=1S/C21H26N4O/c1-3-23-21(25-12-11-17-8-4-5-9-19(17)15-25)24-14-16-7-6-10-18(13-16)20(26)22-2/h4-10,13H,3,11-12,14-15H2,1-2H3,(H,22,26)(H,23,24). The maximum absolute atomic E-state index is 11.8. The zero-order valence-corrected chi connectivity index (χ0v) is 15.5. The number of rotatable bonds is 4. The molecule has 0 spiro atoms. The topological polar surface area (TPSA) is 56.7 Å². The molecule has 2 aromatic rings. The van der Waals surface area contributed by atoms with Gasteiger partial charge in [-0.1, -0.05) is 36.4 Å². The van der Waals surface area contributed by atoms with Crippen LogP contribution < -0.4 is 10.6 Å². The number of hydrogen-bond acceptors (Lipinski definition) is 2. The smallest absolute Gasteiger partial charge is 0.251 e. The fourth-order valence-electron chi connectivity index (χ4n) is 3.22. The van der Waals surface area contributed by atoms with E-state index in [0.717, 1.165) is 37.6 Å². The minimum Gasteiger partial charge on any atom is -0.356 e. The Hall–Kier alpha value is -2.82. The van der Waals surface area contributed by atoms with Gasteiger partial charge in [-0.05, 0) is 42.2 Å². The molecule has 1 aliphatic heterocycles. The van der Waals surface area contributed by atoms with Crippen molar-refractivity contribution in [1.82, 2.24) is 15.5 Å². The van der Waals surface area contributed by atoms with E-state index in [9.17, 15) is 4.79 Å². The minimum atomic E-state index is -0.0737. The molecule has 0 saturated heterocycles. The molecule has 0 bridgehead atoms. The lowest BCUT2D eigenvalue weighted by Crippen LogP contribution is -2.44. The van der Waals surface area contributed by atoms with Crippen LogP contribution >= 0.6 is 0 Å². The van der Waals surface area contributed by atoms with E-state index in [2.05, 4.69) is 46.7 Å². The highest BCUT2D eigenvalue weighted by Crippen LogP contribution is 2.18. The number of guanidine groups is 1. The van der Waals surface area contributed by atoms with Crippen molar-refractivity contribution in [3.05, 3.63) is 70.8 Å². The van der Waals surface area contributed by atoms with Crippen molar-refractivity contribution in [3.63, 3.8) is 0 Å². The van der Waals surface area contributed by atoms with E-state index in [-0.39, 0.29) is 5.91 Å². The van der Waals surface area contributed by atoms with Gasteiger partial charge >= 0.3 is 0 Å². The molecule has 3 rings (SSSR count). The number of aliphatic imine (C=N–C) groups is 1. The van der Waals surface area contributed by atoms with Crippen LogP contribution in [-0.4, -0.2) is 36.9 Å². The maximum Gasteiger partial charge on any atom is 0.251 e. The molecule has 5 heteroatoms. The van der Waals surface area contributed by atoms with Crippen molar-refractivity contribution >= 4 is 11.9 Å². The Kier molecular flexibility index (Phi) is 5.89. The Bertz CT molecular complexity index is 800. The van der Waals surface area contributed by atoms with Crippen molar-refractivity contribution in [2.24, 2.45) is 4.99 Å². The molecule has 0 aliphatic carbocycles. The fraction of sp³-hybridized carbons (Fsp3) is 0.333. The molecule has 1 amide bonds. The van der Waals surface area contributed by atoms with Gasteiger partial charge in [-0.15, -0.1) is 0 Å². The van der Waals surface area contributed by atoms with E-state index < -0.39 is 0 Å². The predicted octanol–water partition coefficient (Wildman–Crippen LogP) is 2.57. The summed E-state index contributed by atoms with van der Waals surface area (Å²) in [7, 11) is 1.64. The molecule has 5 nitrogen and oxygen atoms in total. The van der Waals surface area contributed by atoms with Crippen LogP contribution in [0, 0.1) is 0 Å². The number of benzene rings is 2. The molecule has 2 N–H and O–H groups in total. The van der Waals surface area contributed by atoms with Gasteiger partial charge in [-0.3, -0.25) is 4.79 Å². The van der Waals surface area contributed by atoms with Crippen molar-refractivity contribution in [1.29, 1.82) is 0 Å². The summed E-state index contributed by atoms with van der Waals surface area (Å²) in [6.45, 7) is 5.29. The van der Waals surface area contributed by atoms with Crippen LogP contribution in [0.4, 0.5) is 0 Å². The van der Waals surface area contributed by atoms with E-state index >= 15 is 0 Å². The number of fused-ring (bicyclic) bond motifs is 1. The molecule has 1 aliphatic rings. The Labute approximate surface area is 155 Å². The first-order valence-corrected chi connectivity index (χ1v) is 9.12. The van der Waals surface area contributed by atoms with Gasteiger partial charge in [0.1, 0.15) is 0 Å². The first-order chi connectivity index (χ1) is 12.7. The van der Waals surface area contributed by atoms with Gasteiger partial charge in [0, 0.05) is 32.2 Å². The van der Waals surface area contributed by atoms with Gasteiger partial charge in [0.05, 0.1) is 6.54 Å². The summed E-state index contributed by atoms with van der Waals surface area (Å²) in [5.41, 5.74) is 4.49. The number of carbonyl (C=O) groups is 1. The second-order valence-corrected chi connectivity index (χ2v) is 6.39. The lowest BCUT2D eigenvalue weighted by atomic mass is 10.0. The maximum atomic E-state index is 11.8. The molecule has 0 saturated carbocycles. The molecule has 1 heterocycles. The van der Waals surface area contributed by atoms with Gasteiger partial charge < -0.3 is 15.5 Å². The Morgan fingerprint density at radius 1 is 1.15 bits per heavy atom. The third-order valence-electron chi connectivity index (χ3n) is 4.59. The molecule has 0 fully saturated rings. The summed E-state index contributed by atoms with van der Waals surface area (Å²) >= 11 is 0. The molecular formula is C21H26N4O. The van der Waals surface area contributed by atoms with Crippen LogP contribution in [0.25, 0.3) is 0 Å². The van der Waals surface area contributed by atoms with Crippen LogP contribution in [-0.2, 0) is 19.5 Å². The molecule has 0 aromatic heterocycles. The highest BCUT2D eigenvalue weighted by atomic mass is 16.1. The zero-order chi connectivity index (χ0) is 18.4. The normalized spacial score (nSPS) is 13.9. The van der Waals surface area contributed by atoms with E-state index in [4.69, 9.17) is 4.99 Å². The first-order valence-electron chi connectivity index (χ1n) is 9.12. The van der Waals surface area contributed by atoms with Crippen molar-refractivity contribution in [2.75, 3.05) is 20.1 Å². The summed E-state index contributed by atoms with van der Waals surface area (Å²) in [5.74, 6) is 0.850. The number of nitrogens with one attached hydrogen (secondary N) is 2. The molecule has 0 unspecified atom stereocenters. The monoisotopic (exact) mass is 350 g/mol. The molecule has 2 aromatic carbocycles. The Morgan fingerprint density at radius 2 is 1.96 bits per heavy atom. The largest absolute Gasteiger partial charge is 0.356 e. The highest BCUT2D eigenvalue weighted by molar-refractivity contribution is 5.94. The Balaban J connectivity index is 1.75. The van der Waals surface area contributed by atoms with E-state index in [1.807, 2.05) is 24.3 Å². The summed E-state index contributed by atoms with van der Waals surface area (Å²) in [4.78, 5) is 18.9. The van der Waals surface area contributed by atoms with Crippen molar-refractivity contribution < 1.29 is 4.79 Å². The van der Waals surface area contributed by atoms with Gasteiger partial charge in [-0.2, -0.15) is 0 Å². The molecule has 0 atom stereocenters. The molecular weight excluding hydrogens is 324 g/mol. The minimum absolute atomic E-state index is 0.0737. The fourth-order valence-corrected chi connectivity index (χ4v) is 3.22. The van der Waals surface area contributed by atoms with Crippen LogP contribution in [0.3, 0.4) is 0 Å². The molecule has 26 heavy (non-hydrogen) atoms. The first kappa shape index (κ1) is 18.0. The van der Waals surface area contributed by atoms with Crippen LogP contribution in [0.5, 0.6) is 0 Å². The second-order valence-electron chi connectivity index (χ2n) is 6.39. The van der Waals surface area contributed by atoms with E-state index in [0.29, 0.717) is 12.1 Å². The van der Waals surface area contributed by atoms with Crippen molar-refractivity contribution in [2.45, 2.75) is 26.4 Å². The van der Waals surface area contributed by atoms with Gasteiger partial charge in [0.25, 0.3) is 5.91 Å². The quantitative estimate of drug-likeness (QED) is 0.658. The van der Waals surface area contributed by atoms with E-state index in [1.165, 1.54) is 11.1 Å². The second kappa shape index (κ2) is 8.52. The number of carbonyl (C=O) groups excluding carboxylic acids is 1. The van der Waals surface area contributed by atoms with Gasteiger partial charge in [0.15, 0.2) is 5.96 Å². The summed E-state index contributed by atoms with van der Waals surface area (Å²) in [5, 5.41) is 6.06. The lowest BCUT2D eigenvalue weighted by molar-refractivity contribution is 0.0963. The average Bonchev–Trinajstić information content (AvgIpc) is 2.70. The SMILES string of the molecule is CCNC(=NCc1cccc(C(=O)NC)c1)N1CCc2ccccc2C1. The average molecular weight is 350 g/mol. The van der Waals surface area contributed by atoms with Crippen LogP contribution in [0.15, 0.2) is 53.5 Å². The third kappa shape index (κ3) is 4.23. The third-order valence-corrected chi connectivity index (χ3v) is 4.59. The van der Waals surface area contributed by atoms with Crippen LogP contribution in [0.1, 0.15) is 34.0 Å². The summed E-state index contributed by atoms with van der Waals surface area (Å²) in [6, 6.07) is 16.2. The number of amides is 1. The van der Waals surface area contributed by atoms with Crippen molar-refractivity contribution in [3.8, 4) is 0 Å².